The zero-order valence-electron chi connectivity index (χ0n) is 28.6. The van der Waals surface area contributed by atoms with Gasteiger partial charge < -0.3 is 14.9 Å². The first kappa shape index (κ1) is 32.0. The van der Waals surface area contributed by atoms with Gasteiger partial charge in [0.05, 0.1) is 11.6 Å². The molecule has 2 aromatic rings. The lowest BCUT2D eigenvalue weighted by Gasteiger charge is -2.62. The summed E-state index contributed by atoms with van der Waals surface area (Å²) in [5, 5.41) is 12.4. The molecule has 4 aliphatic carbocycles. The Labute approximate surface area is 284 Å². The summed E-state index contributed by atoms with van der Waals surface area (Å²) in [6, 6.07) is 10.9. The average molecular weight is 651 g/mol. The Kier molecular flexibility index (Phi) is 7.76. The van der Waals surface area contributed by atoms with Gasteiger partial charge in [-0.05, 0) is 99.0 Å². The van der Waals surface area contributed by atoms with Gasteiger partial charge in [-0.15, -0.1) is 6.42 Å². The quantitative estimate of drug-likeness (QED) is 0.474. The molecule has 6 aliphatic rings. The maximum atomic E-state index is 13.9. The predicted molar refractivity (Wildman–Crippen MR) is 184 cm³/mol. The standard InChI is InChI=1S/C40H50N4O4/c1-4-40(48)18-16-30-28-13-12-27-24-35(45)34(25-38(27,2)29(28)15-17-39(30,40)3)42-20-22-43(23-21-42)37(47)33-10-7-19-44(33)36(46)32-14-11-26-8-5-6-9-31(26)41-32/h1,5-6,8-9,11,14,27-30,33-34,48H,7,10,12-13,15-25H2,2-3H3/t27?,28?,29?,30?,33?,34-,38-,39?,40-/m0/s1. The van der Waals surface area contributed by atoms with Crippen molar-refractivity contribution in [3.63, 3.8) is 0 Å². The molecular formula is C40H50N4O4. The SMILES string of the molecule is C#C[C@]1(O)CCC2C3CCC4CC(=O)[C@@H](N5CCN(C(=O)C6CCCN6C(=O)c6ccc7ccccc7n6)CC5)C[C@]4(C)C3CCC21C. The number of terminal acetylenes is 1. The number of piperazine rings is 1. The van der Waals surface area contributed by atoms with E-state index in [0.29, 0.717) is 87.1 Å². The Morgan fingerprint density at radius 2 is 1.71 bits per heavy atom. The van der Waals surface area contributed by atoms with Gasteiger partial charge in [0.15, 0.2) is 0 Å². The van der Waals surface area contributed by atoms with E-state index in [0.717, 1.165) is 55.8 Å². The van der Waals surface area contributed by atoms with Crippen LogP contribution in [-0.4, -0.2) is 92.8 Å². The zero-order valence-corrected chi connectivity index (χ0v) is 28.6. The van der Waals surface area contributed by atoms with Gasteiger partial charge in [-0.25, -0.2) is 4.98 Å². The number of nitrogens with zero attached hydrogens (tertiary/aromatic N) is 4. The molecule has 1 aromatic carbocycles. The van der Waals surface area contributed by atoms with Gasteiger partial charge in [-0.3, -0.25) is 19.3 Å². The number of likely N-dealkylation sites (tertiary alicyclic amines) is 1. The Hall–Kier alpha value is -3.28. The second kappa shape index (κ2) is 11.7. The number of hydrogen-bond acceptors (Lipinski definition) is 6. The molecule has 0 radical (unpaired) electrons. The van der Waals surface area contributed by atoms with E-state index in [-0.39, 0.29) is 28.7 Å². The normalized spacial score (nSPS) is 39.8. The molecule has 2 saturated heterocycles. The number of ketones is 1. The van der Waals surface area contributed by atoms with Crippen LogP contribution >= 0.6 is 0 Å². The van der Waals surface area contributed by atoms with Crippen LogP contribution in [0.3, 0.4) is 0 Å². The van der Waals surface area contributed by atoms with Crippen molar-refractivity contribution in [2.75, 3.05) is 32.7 Å². The Morgan fingerprint density at radius 3 is 2.50 bits per heavy atom. The molecule has 3 heterocycles. The summed E-state index contributed by atoms with van der Waals surface area (Å²) >= 11 is 0. The highest BCUT2D eigenvalue weighted by atomic mass is 16.3. The molecule has 48 heavy (non-hydrogen) atoms. The molecule has 0 spiro atoms. The molecule has 8 rings (SSSR count). The van der Waals surface area contributed by atoms with Crippen LogP contribution < -0.4 is 0 Å². The third-order valence-electron chi connectivity index (χ3n) is 14.6. The minimum atomic E-state index is -1.00. The highest BCUT2D eigenvalue weighted by Gasteiger charge is 2.65. The first-order valence-corrected chi connectivity index (χ1v) is 18.5. The van der Waals surface area contributed by atoms with Gasteiger partial charge in [-0.1, -0.05) is 44.0 Å². The first-order valence-electron chi connectivity index (χ1n) is 18.5. The largest absolute Gasteiger partial charge is 0.377 e. The van der Waals surface area contributed by atoms with Gasteiger partial charge in [0.25, 0.3) is 5.91 Å². The Morgan fingerprint density at radius 1 is 0.938 bits per heavy atom. The number of para-hydroxylation sites is 1. The van der Waals surface area contributed by atoms with Crippen molar-refractivity contribution < 1.29 is 19.5 Å². The van der Waals surface area contributed by atoms with E-state index in [2.05, 4.69) is 29.7 Å². The summed E-state index contributed by atoms with van der Waals surface area (Å²) in [6.45, 7) is 7.78. The molecular weight excluding hydrogens is 600 g/mol. The summed E-state index contributed by atoms with van der Waals surface area (Å²) in [5.41, 5.74) is 0.0318. The van der Waals surface area contributed by atoms with E-state index < -0.39 is 11.6 Å². The molecule has 8 heteroatoms. The number of carbonyl (C=O) groups excluding carboxylic acids is 3. The molecule has 6 unspecified atom stereocenters. The summed E-state index contributed by atoms with van der Waals surface area (Å²) in [4.78, 5) is 51.8. The van der Waals surface area contributed by atoms with E-state index in [1.54, 1.807) is 11.0 Å². The number of fused-ring (bicyclic) bond motifs is 6. The van der Waals surface area contributed by atoms with E-state index in [1.165, 1.54) is 0 Å². The van der Waals surface area contributed by atoms with Crippen LogP contribution in [0.25, 0.3) is 10.9 Å². The molecule has 0 bridgehead atoms. The summed E-state index contributed by atoms with van der Waals surface area (Å²) < 4.78 is 0. The van der Waals surface area contributed by atoms with Crippen LogP contribution in [0.5, 0.6) is 0 Å². The van der Waals surface area contributed by atoms with Gasteiger partial charge in [0.2, 0.25) is 5.91 Å². The van der Waals surface area contributed by atoms with Crippen LogP contribution in [0.4, 0.5) is 0 Å². The number of Topliss-reactive ketones (excluding diaryl/α,β-unsaturated/α-hetero) is 1. The van der Waals surface area contributed by atoms with Gasteiger partial charge in [0.1, 0.15) is 23.1 Å². The molecule has 2 amide bonds. The average Bonchev–Trinajstić information content (AvgIpc) is 3.70. The summed E-state index contributed by atoms with van der Waals surface area (Å²) in [7, 11) is 0. The van der Waals surface area contributed by atoms with Crippen LogP contribution in [0.2, 0.25) is 0 Å². The number of amides is 2. The summed E-state index contributed by atoms with van der Waals surface area (Å²) in [5.74, 6) is 4.98. The minimum Gasteiger partial charge on any atom is -0.377 e. The van der Waals surface area contributed by atoms with Gasteiger partial charge in [0, 0.05) is 49.9 Å². The highest BCUT2D eigenvalue weighted by molar-refractivity contribution is 5.98. The van der Waals surface area contributed by atoms with Crippen LogP contribution in [0.15, 0.2) is 36.4 Å². The highest BCUT2D eigenvalue weighted by Crippen LogP contribution is 2.68. The second-order valence-electron chi connectivity index (χ2n) is 16.5. The number of aromatic nitrogens is 1. The van der Waals surface area contributed by atoms with Crippen LogP contribution in [0, 0.1) is 46.8 Å². The Bertz CT molecular complexity index is 1680. The monoisotopic (exact) mass is 650 g/mol. The van der Waals surface area contributed by atoms with E-state index >= 15 is 0 Å². The third kappa shape index (κ3) is 4.78. The first-order chi connectivity index (χ1) is 23.1. The van der Waals surface area contributed by atoms with E-state index in [1.807, 2.05) is 35.2 Å². The molecule has 1 aromatic heterocycles. The second-order valence-corrected chi connectivity index (χ2v) is 16.5. The van der Waals surface area contributed by atoms with Crippen molar-refractivity contribution in [2.24, 2.45) is 34.5 Å². The fourth-order valence-corrected chi connectivity index (χ4v) is 11.7. The number of rotatable bonds is 3. The molecule has 8 nitrogen and oxygen atoms in total. The lowest BCUT2D eigenvalue weighted by molar-refractivity contribution is -0.158. The predicted octanol–water partition coefficient (Wildman–Crippen LogP) is 4.94. The number of carbonyl (C=O) groups is 3. The van der Waals surface area contributed by atoms with Crippen LogP contribution in [-0.2, 0) is 9.59 Å². The molecule has 254 valence electrons. The number of aliphatic hydroxyl groups is 1. The molecule has 1 N–H and O–H groups in total. The zero-order chi connectivity index (χ0) is 33.4. The molecule has 2 aliphatic heterocycles. The molecule has 4 saturated carbocycles. The van der Waals surface area contributed by atoms with Crippen molar-refractivity contribution in [3.8, 4) is 12.3 Å². The number of benzene rings is 1. The van der Waals surface area contributed by atoms with Crippen molar-refractivity contribution in [3.05, 3.63) is 42.1 Å². The van der Waals surface area contributed by atoms with Gasteiger partial charge >= 0.3 is 0 Å². The maximum absolute atomic E-state index is 13.9. The number of pyridine rings is 1. The third-order valence-corrected chi connectivity index (χ3v) is 14.6. The smallest absolute Gasteiger partial charge is 0.273 e. The minimum absolute atomic E-state index is 0.0205. The van der Waals surface area contributed by atoms with Gasteiger partial charge in [-0.2, -0.15) is 0 Å². The van der Waals surface area contributed by atoms with Crippen molar-refractivity contribution in [2.45, 2.75) is 95.7 Å². The molecule has 9 atom stereocenters. The number of hydrogen-bond donors (Lipinski definition) is 1. The lowest BCUT2D eigenvalue weighted by atomic mass is 9.44. The fourth-order valence-electron chi connectivity index (χ4n) is 11.7. The van der Waals surface area contributed by atoms with Crippen LogP contribution in [0.1, 0.15) is 88.5 Å². The van der Waals surface area contributed by atoms with E-state index in [9.17, 15) is 19.5 Å². The fraction of sp³-hybridized carbons (Fsp3) is 0.650. The summed E-state index contributed by atoms with van der Waals surface area (Å²) in [6.07, 6.45) is 14.9. The van der Waals surface area contributed by atoms with Crippen molar-refractivity contribution in [1.82, 2.24) is 19.7 Å². The Balaban J connectivity index is 0.927. The lowest BCUT2D eigenvalue weighted by Crippen LogP contribution is -2.62. The van der Waals surface area contributed by atoms with E-state index in [4.69, 9.17) is 6.42 Å². The molecule has 6 fully saturated rings. The van der Waals surface area contributed by atoms with Crippen molar-refractivity contribution in [1.29, 1.82) is 0 Å². The topological polar surface area (TPSA) is 94.0 Å². The van der Waals surface area contributed by atoms with Crippen molar-refractivity contribution >= 4 is 28.5 Å². The maximum Gasteiger partial charge on any atom is 0.273 e.